The molecule has 0 aliphatic carbocycles. The molecule has 1 aromatic carbocycles. The van der Waals surface area contributed by atoms with Crippen molar-refractivity contribution in [3.8, 4) is 0 Å². The Morgan fingerprint density at radius 3 is 2.68 bits per heavy atom. The molecular formula is C16H21FN4O4. The van der Waals surface area contributed by atoms with Crippen molar-refractivity contribution in [1.82, 2.24) is 10.4 Å². The Labute approximate surface area is 144 Å². The number of piperazine rings is 1. The van der Waals surface area contributed by atoms with Crippen LogP contribution in [0.2, 0.25) is 0 Å². The van der Waals surface area contributed by atoms with Crippen LogP contribution >= 0.6 is 0 Å². The number of carbonyl (C=O) groups excluding carboxylic acids is 2. The van der Waals surface area contributed by atoms with E-state index in [4.69, 9.17) is 9.94 Å². The van der Waals surface area contributed by atoms with Crippen LogP contribution in [-0.2, 0) is 9.53 Å². The van der Waals surface area contributed by atoms with Crippen molar-refractivity contribution in [2.75, 3.05) is 49.1 Å². The Morgan fingerprint density at radius 2 is 2.08 bits per heavy atom. The molecule has 136 valence electrons. The van der Waals surface area contributed by atoms with E-state index in [1.807, 2.05) is 10.4 Å². The van der Waals surface area contributed by atoms with Crippen molar-refractivity contribution in [2.24, 2.45) is 0 Å². The molecule has 2 aliphatic rings. The summed E-state index contributed by atoms with van der Waals surface area (Å²) in [5.74, 6) is -0.403. The zero-order valence-corrected chi connectivity index (χ0v) is 13.9. The standard InChI is InChI=1S/C16H21FN4O4/c1-11(22)19-4-6-20(7-5-19)15-3-2-12(8-14(15)17)21-10-13(9-18-24)25-16(21)23/h2-3,8,13,18,24H,4-7,9-10H2,1H3/t13-/m0/s1. The summed E-state index contributed by atoms with van der Waals surface area (Å²) >= 11 is 0. The van der Waals surface area contributed by atoms with Crippen molar-refractivity contribution in [3.05, 3.63) is 24.0 Å². The van der Waals surface area contributed by atoms with E-state index in [2.05, 4.69) is 0 Å². The molecule has 1 aromatic rings. The minimum Gasteiger partial charge on any atom is -0.442 e. The van der Waals surface area contributed by atoms with Gasteiger partial charge < -0.3 is 19.7 Å². The summed E-state index contributed by atoms with van der Waals surface area (Å²) in [5.41, 5.74) is 2.83. The van der Waals surface area contributed by atoms with E-state index in [0.717, 1.165) is 0 Å². The number of hydrogen-bond donors (Lipinski definition) is 2. The average molecular weight is 352 g/mol. The van der Waals surface area contributed by atoms with Gasteiger partial charge in [0.25, 0.3) is 0 Å². The first kappa shape index (κ1) is 17.4. The van der Waals surface area contributed by atoms with Gasteiger partial charge in [0.05, 0.1) is 24.5 Å². The second-order valence-electron chi connectivity index (χ2n) is 6.11. The van der Waals surface area contributed by atoms with Crippen LogP contribution in [0.1, 0.15) is 6.92 Å². The van der Waals surface area contributed by atoms with Gasteiger partial charge in [0, 0.05) is 33.1 Å². The fraction of sp³-hybridized carbons (Fsp3) is 0.500. The second-order valence-corrected chi connectivity index (χ2v) is 6.11. The Kier molecular flexibility index (Phi) is 5.05. The third kappa shape index (κ3) is 3.67. The minimum absolute atomic E-state index is 0.0231. The average Bonchev–Trinajstić information content (AvgIpc) is 2.96. The molecule has 0 radical (unpaired) electrons. The van der Waals surface area contributed by atoms with Gasteiger partial charge in [0.15, 0.2) is 0 Å². The van der Waals surface area contributed by atoms with E-state index in [1.165, 1.54) is 17.9 Å². The maximum Gasteiger partial charge on any atom is 0.414 e. The molecule has 2 saturated heterocycles. The Balaban J connectivity index is 1.69. The van der Waals surface area contributed by atoms with Crippen LogP contribution in [0.4, 0.5) is 20.6 Å². The Morgan fingerprint density at radius 1 is 1.36 bits per heavy atom. The lowest BCUT2D eigenvalue weighted by molar-refractivity contribution is -0.129. The first-order chi connectivity index (χ1) is 12.0. The Hall–Kier alpha value is -2.39. The molecule has 25 heavy (non-hydrogen) atoms. The maximum atomic E-state index is 14.6. The van der Waals surface area contributed by atoms with Gasteiger partial charge in [-0.1, -0.05) is 0 Å². The zero-order valence-electron chi connectivity index (χ0n) is 13.9. The molecule has 2 aliphatic heterocycles. The molecule has 0 spiro atoms. The number of nitrogens with one attached hydrogen (secondary N) is 1. The van der Waals surface area contributed by atoms with Crippen LogP contribution in [0.15, 0.2) is 18.2 Å². The number of anilines is 2. The molecule has 8 nitrogen and oxygen atoms in total. The molecule has 2 N–H and O–H groups in total. The zero-order chi connectivity index (χ0) is 18.0. The van der Waals surface area contributed by atoms with Crippen molar-refractivity contribution >= 4 is 23.4 Å². The van der Waals surface area contributed by atoms with Crippen LogP contribution < -0.4 is 15.3 Å². The quantitative estimate of drug-likeness (QED) is 0.780. The number of nitrogens with zero attached hydrogens (tertiary/aromatic N) is 3. The van der Waals surface area contributed by atoms with E-state index in [0.29, 0.717) is 37.6 Å². The van der Waals surface area contributed by atoms with Gasteiger partial charge >= 0.3 is 6.09 Å². The summed E-state index contributed by atoms with van der Waals surface area (Å²) in [6.45, 7) is 4.12. The third-order valence-electron chi connectivity index (χ3n) is 4.50. The fourth-order valence-corrected chi connectivity index (χ4v) is 3.12. The second kappa shape index (κ2) is 7.24. The number of amides is 2. The van der Waals surface area contributed by atoms with Crippen molar-refractivity contribution in [1.29, 1.82) is 0 Å². The molecule has 3 rings (SSSR count). The highest BCUT2D eigenvalue weighted by atomic mass is 19.1. The van der Waals surface area contributed by atoms with E-state index in [-0.39, 0.29) is 19.0 Å². The van der Waals surface area contributed by atoms with Crippen LogP contribution in [0.25, 0.3) is 0 Å². The van der Waals surface area contributed by atoms with Crippen LogP contribution in [0.3, 0.4) is 0 Å². The van der Waals surface area contributed by atoms with Crippen LogP contribution in [0.5, 0.6) is 0 Å². The predicted molar refractivity (Wildman–Crippen MR) is 88.3 cm³/mol. The van der Waals surface area contributed by atoms with Gasteiger partial charge in [-0.05, 0) is 18.2 Å². The lowest BCUT2D eigenvalue weighted by Crippen LogP contribution is -2.48. The van der Waals surface area contributed by atoms with E-state index in [1.54, 1.807) is 17.0 Å². The number of halogens is 1. The van der Waals surface area contributed by atoms with E-state index < -0.39 is 18.0 Å². The number of rotatable bonds is 4. The molecule has 2 heterocycles. The lowest BCUT2D eigenvalue weighted by Gasteiger charge is -2.35. The van der Waals surface area contributed by atoms with E-state index in [9.17, 15) is 14.0 Å². The van der Waals surface area contributed by atoms with Gasteiger partial charge in [-0.3, -0.25) is 9.69 Å². The molecule has 0 saturated carbocycles. The van der Waals surface area contributed by atoms with Gasteiger partial charge in [-0.2, -0.15) is 0 Å². The number of hydroxylamine groups is 1. The largest absolute Gasteiger partial charge is 0.442 e. The van der Waals surface area contributed by atoms with Crippen LogP contribution in [0, 0.1) is 5.82 Å². The van der Waals surface area contributed by atoms with Gasteiger partial charge in [0.2, 0.25) is 5.91 Å². The van der Waals surface area contributed by atoms with Gasteiger partial charge in [0.1, 0.15) is 11.9 Å². The molecule has 2 fully saturated rings. The predicted octanol–water partition coefficient (Wildman–Crippen LogP) is 0.798. The number of benzene rings is 1. The molecule has 9 heteroatoms. The molecule has 0 bridgehead atoms. The van der Waals surface area contributed by atoms with Gasteiger partial charge in [-0.15, -0.1) is 0 Å². The molecule has 0 aromatic heterocycles. The third-order valence-corrected chi connectivity index (χ3v) is 4.50. The summed E-state index contributed by atoms with van der Waals surface area (Å²) in [6, 6.07) is 4.62. The fourth-order valence-electron chi connectivity index (χ4n) is 3.12. The van der Waals surface area contributed by atoms with Crippen molar-refractivity contribution in [2.45, 2.75) is 13.0 Å². The van der Waals surface area contributed by atoms with Gasteiger partial charge in [-0.25, -0.2) is 14.7 Å². The molecule has 0 unspecified atom stereocenters. The van der Waals surface area contributed by atoms with E-state index >= 15 is 0 Å². The molecule has 1 atom stereocenters. The first-order valence-electron chi connectivity index (χ1n) is 8.14. The maximum absolute atomic E-state index is 14.6. The summed E-state index contributed by atoms with van der Waals surface area (Å²) < 4.78 is 19.6. The van der Waals surface area contributed by atoms with Crippen molar-refractivity contribution in [3.63, 3.8) is 0 Å². The summed E-state index contributed by atoms with van der Waals surface area (Å²) in [7, 11) is 0. The SMILES string of the molecule is CC(=O)N1CCN(c2ccc(N3C[C@H](CNO)OC3=O)cc2F)CC1. The summed E-state index contributed by atoms with van der Waals surface area (Å²) in [5, 5.41) is 8.70. The monoisotopic (exact) mass is 352 g/mol. The highest BCUT2D eigenvalue weighted by Crippen LogP contribution is 2.28. The smallest absolute Gasteiger partial charge is 0.414 e. The number of ether oxygens (including phenoxy) is 1. The highest BCUT2D eigenvalue weighted by Gasteiger charge is 2.32. The molecular weight excluding hydrogens is 331 g/mol. The number of hydrogen-bond acceptors (Lipinski definition) is 6. The van der Waals surface area contributed by atoms with Crippen LogP contribution in [-0.4, -0.2) is 67.5 Å². The minimum atomic E-state index is -0.567. The normalized spacial score (nSPS) is 20.8. The number of cyclic esters (lactones) is 1. The lowest BCUT2D eigenvalue weighted by atomic mass is 10.2. The highest BCUT2D eigenvalue weighted by molar-refractivity contribution is 5.90. The Bertz CT molecular complexity index is 664. The summed E-state index contributed by atoms with van der Waals surface area (Å²) in [6.07, 6.45) is -1.05. The summed E-state index contributed by atoms with van der Waals surface area (Å²) in [4.78, 5) is 28.2. The first-order valence-corrected chi connectivity index (χ1v) is 8.14. The number of carbonyl (C=O) groups is 2. The molecule has 2 amide bonds. The van der Waals surface area contributed by atoms with Crippen molar-refractivity contribution < 1.29 is 23.9 Å². The topological polar surface area (TPSA) is 85.4 Å².